The van der Waals surface area contributed by atoms with Crippen LogP contribution in [0.4, 0.5) is 10.1 Å². The third-order valence-electron chi connectivity index (χ3n) is 2.45. The Hall–Kier alpha value is -1.78. The van der Waals surface area contributed by atoms with Gasteiger partial charge in [-0.05, 0) is 25.0 Å². The van der Waals surface area contributed by atoms with Crippen molar-refractivity contribution in [3.05, 3.63) is 18.2 Å². The fourth-order valence-electron chi connectivity index (χ4n) is 1.52. The first kappa shape index (κ1) is 14.3. The zero-order valence-electron chi connectivity index (χ0n) is 10.7. The van der Waals surface area contributed by atoms with Crippen LogP contribution < -0.4 is 14.8 Å². The van der Waals surface area contributed by atoms with E-state index in [4.69, 9.17) is 9.47 Å². The van der Waals surface area contributed by atoms with E-state index in [9.17, 15) is 9.18 Å². The predicted molar refractivity (Wildman–Crippen MR) is 68.0 cm³/mol. The highest BCUT2D eigenvalue weighted by molar-refractivity contribution is 5.91. The number of alkyl halides is 1. The number of carbonyl (C=O) groups is 1. The molecule has 18 heavy (non-hydrogen) atoms. The summed E-state index contributed by atoms with van der Waals surface area (Å²) in [5, 5.41) is 2.73. The van der Waals surface area contributed by atoms with Gasteiger partial charge in [-0.2, -0.15) is 0 Å². The summed E-state index contributed by atoms with van der Waals surface area (Å²) in [6.45, 7) is -0.385. The Morgan fingerprint density at radius 1 is 1.22 bits per heavy atom. The monoisotopic (exact) mass is 255 g/mol. The van der Waals surface area contributed by atoms with Gasteiger partial charge in [-0.15, -0.1) is 0 Å². The van der Waals surface area contributed by atoms with Crippen LogP contribution in [0.1, 0.15) is 19.3 Å². The van der Waals surface area contributed by atoms with Crippen LogP contribution in [0.25, 0.3) is 0 Å². The summed E-state index contributed by atoms with van der Waals surface area (Å²) in [7, 11) is 3.08. The Kier molecular flexibility index (Phi) is 5.97. The minimum atomic E-state index is -0.385. The molecule has 0 unspecified atom stereocenters. The Bertz CT molecular complexity index is 396. The van der Waals surface area contributed by atoms with E-state index in [-0.39, 0.29) is 12.6 Å². The summed E-state index contributed by atoms with van der Waals surface area (Å²) in [5.41, 5.74) is 0.637. The van der Waals surface area contributed by atoms with E-state index in [1.165, 1.54) is 7.11 Å². The summed E-state index contributed by atoms with van der Waals surface area (Å²) >= 11 is 0. The van der Waals surface area contributed by atoms with Gasteiger partial charge in [0.1, 0.15) is 0 Å². The van der Waals surface area contributed by atoms with E-state index in [0.29, 0.717) is 36.4 Å². The number of nitrogens with one attached hydrogen (secondary N) is 1. The molecule has 0 atom stereocenters. The van der Waals surface area contributed by atoms with Gasteiger partial charge in [-0.3, -0.25) is 9.18 Å². The molecule has 0 aliphatic heterocycles. The van der Waals surface area contributed by atoms with Gasteiger partial charge in [-0.25, -0.2) is 0 Å². The number of carbonyl (C=O) groups excluding carboxylic acids is 1. The molecule has 1 aromatic carbocycles. The first-order chi connectivity index (χ1) is 8.71. The summed E-state index contributed by atoms with van der Waals surface area (Å²) in [6, 6.07) is 5.14. The van der Waals surface area contributed by atoms with Crippen molar-refractivity contribution < 1.29 is 18.7 Å². The van der Waals surface area contributed by atoms with Crippen LogP contribution in [0.15, 0.2) is 18.2 Å². The summed E-state index contributed by atoms with van der Waals surface area (Å²) in [6.07, 6.45) is 1.28. The van der Waals surface area contributed by atoms with E-state index in [2.05, 4.69) is 5.32 Å². The highest BCUT2D eigenvalue weighted by Crippen LogP contribution is 2.29. The van der Waals surface area contributed by atoms with E-state index in [1.54, 1.807) is 25.3 Å². The number of anilines is 1. The van der Waals surface area contributed by atoms with Crippen LogP contribution in [-0.4, -0.2) is 26.8 Å². The van der Waals surface area contributed by atoms with Gasteiger partial charge in [0, 0.05) is 18.2 Å². The predicted octanol–water partition coefficient (Wildman–Crippen LogP) is 2.78. The number of unbranched alkanes of at least 4 members (excludes halogenated alkanes) is 1. The Morgan fingerprint density at radius 2 is 1.94 bits per heavy atom. The zero-order chi connectivity index (χ0) is 13.4. The van der Waals surface area contributed by atoms with E-state index in [0.717, 1.165) is 0 Å². The maximum atomic E-state index is 11.9. The van der Waals surface area contributed by atoms with Crippen LogP contribution in [0.5, 0.6) is 11.5 Å². The van der Waals surface area contributed by atoms with Gasteiger partial charge in [0.25, 0.3) is 0 Å². The van der Waals surface area contributed by atoms with Gasteiger partial charge >= 0.3 is 0 Å². The molecule has 0 fully saturated rings. The lowest BCUT2D eigenvalue weighted by molar-refractivity contribution is -0.116. The number of amides is 1. The minimum absolute atomic E-state index is 0.129. The third kappa shape index (κ3) is 4.24. The molecule has 5 heteroatoms. The Balaban J connectivity index is 2.59. The van der Waals surface area contributed by atoms with Crippen molar-refractivity contribution in [2.24, 2.45) is 0 Å². The smallest absolute Gasteiger partial charge is 0.224 e. The molecule has 100 valence electrons. The Labute approximate surface area is 106 Å². The zero-order valence-corrected chi connectivity index (χ0v) is 10.7. The molecular weight excluding hydrogens is 237 g/mol. The van der Waals surface area contributed by atoms with Crippen molar-refractivity contribution in [3.63, 3.8) is 0 Å². The van der Waals surface area contributed by atoms with Crippen LogP contribution in [0.3, 0.4) is 0 Å². The van der Waals surface area contributed by atoms with Crippen molar-refractivity contribution in [3.8, 4) is 11.5 Å². The lowest BCUT2D eigenvalue weighted by Crippen LogP contribution is -2.11. The van der Waals surface area contributed by atoms with Gasteiger partial charge < -0.3 is 14.8 Å². The topological polar surface area (TPSA) is 47.6 Å². The highest BCUT2D eigenvalue weighted by atomic mass is 19.1. The van der Waals surface area contributed by atoms with Crippen LogP contribution in [0, 0.1) is 0 Å². The molecule has 1 amide bonds. The molecule has 0 saturated carbocycles. The first-order valence-electron chi connectivity index (χ1n) is 5.79. The highest BCUT2D eigenvalue weighted by Gasteiger charge is 2.07. The van der Waals surface area contributed by atoms with Crippen LogP contribution >= 0.6 is 0 Å². The van der Waals surface area contributed by atoms with Gasteiger partial charge in [0.05, 0.1) is 20.9 Å². The van der Waals surface area contributed by atoms with Crippen molar-refractivity contribution in [1.29, 1.82) is 0 Å². The quantitative estimate of drug-likeness (QED) is 0.762. The molecule has 0 radical (unpaired) electrons. The normalized spacial score (nSPS) is 9.94. The number of hydrogen-bond acceptors (Lipinski definition) is 3. The molecular formula is C13H18FNO3. The molecule has 0 aliphatic rings. The lowest BCUT2D eigenvalue weighted by atomic mass is 10.2. The molecule has 1 N–H and O–H groups in total. The Morgan fingerprint density at radius 3 is 2.56 bits per heavy atom. The SMILES string of the molecule is COc1ccc(NC(=O)CCCCF)cc1OC. The average molecular weight is 255 g/mol. The summed E-state index contributed by atoms with van der Waals surface area (Å²) in [4.78, 5) is 11.5. The van der Waals surface area contributed by atoms with Gasteiger partial charge in [-0.1, -0.05) is 0 Å². The molecule has 0 aromatic heterocycles. The number of rotatable bonds is 7. The average Bonchev–Trinajstić information content (AvgIpc) is 2.39. The van der Waals surface area contributed by atoms with E-state index < -0.39 is 0 Å². The molecule has 0 bridgehead atoms. The maximum absolute atomic E-state index is 11.9. The fraction of sp³-hybridized carbons (Fsp3) is 0.462. The van der Waals surface area contributed by atoms with Crippen LogP contribution in [-0.2, 0) is 4.79 Å². The molecule has 0 spiro atoms. The van der Waals surface area contributed by atoms with Gasteiger partial charge in [0.2, 0.25) is 5.91 Å². The molecule has 1 aromatic rings. The molecule has 0 aliphatic carbocycles. The number of benzene rings is 1. The van der Waals surface area contributed by atoms with Crippen molar-refractivity contribution in [2.45, 2.75) is 19.3 Å². The number of ether oxygens (including phenoxy) is 2. The number of methoxy groups -OCH3 is 2. The summed E-state index contributed by atoms with van der Waals surface area (Å²) < 4.78 is 22.1. The molecule has 0 saturated heterocycles. The summed E-state index contributed by atoms with van der Waals surface area (Å²) in [5.74, 6) is 1.03. The maximum Gasteiger partial charge on any atom is 0.224 e. The van der Waals surface area contributed by atoms with E-state index >= 15 is 0 Å². The third-order valence-corrected chi connectivity index (χ3v) is 2.45. The minimum Gasteiger partial charge on any atom is -0.493 e. The molecule has 1 rings (SSSR count). The number of halogens is 1. The second-order valence-electron chi connectivity index (χ2n) is 3.76. The van der Waals surface area contributed by atoms with Crippen LogP contribution in [0.2, 0.25) is 0 Å². The lowest BCUT2D eigenvalue weighted by Gasteiger charge is -2.10. The second kappa shape index (κ2) is 7.53. The fourth-order valence-corrected chi connectivity index (χ4v) is 1.52. The standard InChI is InChI=1S/C13H18FNO3/c1-17-11-7-6-10(9-12(11)18-2)15-13(16)5-3-4-8-14/h6-7,9H,3-5,8H2,1-2H3,(H,15,16). The van der Waals surface area contributed by atoms with Crippen molar-refractivity contribution >= 4 is 11.6 Å². The van der Waals surface area contributed by atoms with Gasteiger partial charge in [0.15, 0.2) is 11.5 Å². The second-order valence-corrected chi connectivity index (χ2v) is 3.76. The molecule has 4 nitrogen and oxygen atoms in total. The van der Waals surface area contributed by atoms with E-state index in [1.807, 2.05) is 0 Å². The molecule has 0 heterocycles. The van der Waals surface area contributed by atoms with Crippen molar-refractivity contribution in [2.75, 3.05) is 26.2 Å². The first-order valence-corrected chi connectivity index (χ1v) is 5.79. The number of hydrogen-bond donors (Lipinski definition) is 1. The van der Waals surface area contributed by atoms with Crippen molar-refractivity contribution in [1.82, 2.24) is 0 Å². The largest absolute Gasteiger partial charge is 0.493 e.